The number of unbranched alkanes of at least 4 members (excludes halogenated alkanes) is 36. The Morgan fingerprint density at radius 3 is 0.763 bits per heavy atom. The second kappa shape index (κ2) is 63.5. The van der Waals surface area contributed by atoms with Crippen molar-refractivity contribution in [2.45, 2.75) is 388 Å². The topological polar surface area (TPSA) is 237 Å². The highest BCUT2D eigenvalue weighted by molar-refractivity contribution is 7.47. The highest BCUT2D eigenvalue weighted by Crippen LogP contribution is 2.45. The second-order valence-corrected chi connectivity index (χ2v) is 31.3. The lowest BCUT2D eigenvalue weighted by Gasteiger charge is -2.21. The zero-order valence-corrected chi connectivity index (χ0v) is 62.7. The quantitative estimate of drug-likeness (QED) is 0.0222. The van der Waals surface area contributed by atoms with Crippen LogP contribution in [0.3, 0.4) is 0 Å². The molecule has 0 heterocycles. The van der Waals surface area contributed by atoms with E-state index in [0.29, 0.717) is 31.6 Å². The molecule has 17 nitrogen and oxygen atoms in total. The van der Waals surface area contributed by atoms with Gasteiger partial charge >= 0.3 is 39.5 Å². The molecule has 0 aromatic heterocycles. The van der Waals surface area contributed by atoms with Crippen LogP contribution in [0.2, 0.25) is 0 Å². The third kappa shape index (κ3) is 67.0. The summed E-state index contributed by atoms with van der Waals surface area (Å²) in [6.45, 7) is 14.1. The van der Waals surface area contributed by atoms with Crippen LogP contribution < -0.4 is 0 Å². The summed E-state index contributed by atoms with van der Waals surface area (Å²) in [5.74, 6) is 0.886. The third-order valence-corrected chi connectivity index (χ3v) is 19.3. The fourth-order valence-corrected chi connectivity index (χ4v) is 12.7. The van der Waals surface area contributed by atoms with E-state index in [1.165, 1.54) is 167 Å². The molecule has 0 amide bonds. The van der Waals surface area contributed by atoms with Gasteiger partial charge in [0.15, 0.2) is 12.2 Å². The number of hydrogen-bond donors (Lipinski definition) is 3. The van der Waals surface area contributed by atoms with E-state index in [0.717, 1.165) is 114 Å². The summed E-state index contributed by atoms with van der Waals surface area (Å²) in [7, 11) is -9.91. The standard InChI is InChI=1S/C74H144O17P2/c1-9-67(8)53-45-37-28-24-25-31-41-49-57-74(79)91-69(60-84-71(76)54-46-38-29-22-17-15-13-11-10-12-14-16-20-26-34-42-50-64(2)3)62-88-92(80,81)86-58-68(75)59-87-93(82,83)89-63-70(61-85-72(77)55-47-39-33-32-36-44-52-66(6)7)90-73(78)56-48-40-30-23-19-18-21-27-35-43-51-65(4)5/h64-70,75H,9-63H2,1-8H3,(H,80,81)(H,82,83)/t67?,68-,69-,70-/m1/s1. The minimum Gasteiger partial charge on any atom is -0.462 e. The first-order valence-corrected chi connectivity index (χ1v) is 41.2. The molecule has 0 saturated carbocycles. The van der Waals surface area contributed by atoms with Gasteiger partial charge in [-0.3, -0.25) is 37.3 Å². The van der Waals surface area contributed by atoms with E-state index in [1.807, 2.05) is 0 Å². The van der Waals surface area contributed by atoms with E-state index in [-0.39, 0.29) is 25.7 Å². The molecule has 0 aliphatic rings. The van der Waals surface area contributed by atoms with Gasteiger partial charge in [-0.15, -0.1) is 0 Å². The summed E-state index contributed by atoms with van der Waals surface area (Å²) >= 11 is 0. The van der Waals surface area contributed by atoms with E-state index in [2.05, 4.69) is 55.4 Å². The summed E-state index contributed by atoms with van der Waals surface area (Å²) in [5, 5.41) is 10.6. The largest absolute Gasteiger partial charge is 0.472 e. The van der Waals surface area contributed by atoms with Crippen LogP contribution in [0.5, 0.6) is 0 Å². The number of aliphatic hydroxyl groups excluding tert-OH is 1. The van der Waals surface area contributed by atoms with Crippen molar-refractivity contribution in [3.63, 3.8) is 0 Å². The van der Waals surface area contributed by atoms with Crippen molar-refractivity contribution < 1.29 is 80.2 Å². The smallest absolute Gasteiger partial charge is 0.462 e. The summed E-state index contributed by atoms with van der Waals surface area (Å²) in [4.78, 5) is 72.7. The van der Waals surface area contributed by atoms with Gasteiger partial charge in [0.25, 0.3) is 0 Å². The molecule has 0 spiro atoms. The van der Waals surface area contributed by atoms with Gasteiger partial charge in [0.2, 0.25) is 0 Å². The highest BCUT2D eigenvalue weighted by Gasteiger charge is 2.30. The van der Waals surface area contributed by atoms with Gasteiger partial charge in [-0.05, 0) is 49.4 Å². The number of esters is 4. The van der Waals surface area contributed by atoms with Crippen molar-refractivity contribution in [3.05, 3.63) is 0 Å². The van der Waals surface area contributed by atoms with E-state index in [1.54, 1.807) is 0 Å². The predicted octanol–water partition coefficient (Wildman–Crippen LogP) is 21.3. The molecule has 93 heavy (non-hydrogen) atoms. The molecule has 19 heteroatoms. The number of aliphatic hydroxyl groups is 1. The van der Waals surface area contributed by atoms with E-state index in [9.17, 15) is 43.2 Å². The Bertz CT molecular complexity index is 1840. The summed E-state index contributed by atoms with van der Waals surface area (Å²) in [6.07, 6.45) is 47.4. The molecular formula is C74H144O17P2. The van der Waals surface area contributed by atoms with Gasteiger partial charge in [-0.25, -0.2) is 9.13 Å². The Morgan fingerprint density at radius 2 is 0.516 bits per heavy atom. The maximum atomic E-state index is 13.1. The normalized spacial score (nSPS) is 14.5. The fourth-order valence-electron chi connectivity index (χ4n) is 11.2. The Balaban J connectivity index is 5.20. The van der Waals surface area contributed by atoms with Crippen LogP contribution in [0, 0.1) is 23.7 Å². The van der Waals surface area contributed by atoms with Crippen LogP contribution in [0.1, 0.15) is 370 Å². The second-order valence-electron chi connectivity index (χ2n) is 28.4. The predicted molar refractivity (Wildman–Crippen MR) is 377 cm³/mol. The maximum absolute atomic E-state index is 13.1. The first-order valence-electron chi connectivity index (χ1n) is 38.2. The van der Waals surface area contributed by atoms with Gasteiger partial charge in [0.05, 0.1) is 26.4 Å². The summed E-state index contributed by atoms with van der Waals surface area (Å²) in [5.41, 5.74) is 0. The van der Waals surface area contributed by atoms with Crippen LogP contribution in [0.4, 0.5) is 0 Å². The van der Waals surface area contributed by atoms with Crippen molar-refractivity contribution in [2.24, 2.45) is 23.7 Å². The lowest BCUT2D eigenvalue weighted by atomic mass is 9.99. The Kier molecular flexibility index (Phi) is 62.2. The number of hydrogen-bond acceptors (Lipinski definition) is 15. The van der Waals surface area contributed by atoms with E-state index in [4.69, 9.17) is 37.0 Å². The van der Waals surface area contributed by atoms with Crippen molar-refractivity contribution in [2.75, 3.05) is 39.6 Å². The Hall–Kier alpha value is -1.94. The van der Waals surface area contributed by atoms with Crippen molar-refractivity contribution in [1.29, 1.82) is 0 Å². The number of carbonyl (C=O) groups excluding carboxylic acids is 4. The van der Waals surface area contributed by atoms with Gasteiger partial charge in [0.1, 0.15) is 19.3 Å². The molecule has 0 aliphatic heterocycles. The monoisotopic (exact) mass is 1370 g/mol. The number of carbonyl (C=O) groups is 4. The number of ether oxygens (including phenoxy) is 4. The zero-order valence-electron chi connectivity index (χ0n) is 60.9. The molecule has 3 unspecified atom stereocenters. The molecule has 3 N–H and O–H groups in total. The van der Waals surface area contributed by atoms with Crippen molar-refractivity contribution >= 4 is 39.5 Å². The first kappa shape index (κ1) is 91.1. The zero-order chi connectivity index (χ0) is 68.9. The molecule has 0 aromatic rings. The minimum absolute atomic E-state index is 0.104. The van der Waals surface area contributed by atoms with Gasteiger partial charge in [0, 0.05) is 25.7 Å². The average molecular weight is 1370 g/mol. The number of phosphoric ester groups is 2. The summed E-state index contributed by atoms with van der Waals surface area (Å²) in [6, 6.07) is 0. The average Bonchev–Trinajstić information content (AvgIpc) is 2.08. The molecule has 552 valence electrons. The first-order chi connectivity index (χ1) is 44.6. The van der Waals surface area contributed by atoms with Crippen LogP contribution >= 0.6 is 15.6 Å². The molecule has 0 saturated heterocycles. The molecule has 6 atom stereocenters. The Labute approximate surface area is 568 Å². The van der Waals surface area contributed by atoms with E-state index >= 15 is 0 Å². The molecule has 0 bridgehead atoms. The highest BCUT2D eigenvalue weighted by atomic mass is 31.2. The van der Waals surface area contributed by atoms with Crippen molar-refractivity contribution in [1.82, 2.24) is 0 Å². The van der Waals surface area contributed by atoms with Gasteiger partial charge < -0.3 is 33.8 Å². The maximum Gasteiger partial charge on any atom is 0.472 e. The number of phosphoric acid groups is 2. The van der Waals surface area contributed by atoms with Gasteiger partial charge in [-0.1, -0.05) is 319 Å². The number of rotatable bonds is 71. The molecule has 0 aromatic carbocycles. The van der Waals surface area contributed by atoms with E-state index < -0.39 is 97.5 Å². The SMILES string of the molecule is CCC(C)CCCCCCCCCCC(=O)O[C@H](COC(=O)CCCCCCCCCCCCCCCCCCC(C)C)COP(=O)(O)OC[C@@H](O)COP(=O)(O)OC[C@@H](COC(=O)CCCCCCCCC(C)C)OC(=O)CCCCCCCCCCCCC(C)C. The van der Waals surface area contributed by atoms with Crippen LogP contribution in [-0.4, -0.2) is 96.7 Å². The Morgan fingerprint density at radius 1 is 0.301 bits per heavy atom. The lowest BCUT2D eigenvalue weighted by Crippen LogP contribution is -2.30. The molecule has 0 fully saturated rings. The lowest BCUT2D eigenvalue weighted by molar-refractivity contribution is -0.161. The molecular weight excluding hydrogens is 1220 g/mol. The minimum atomic E-state index is -4.96. The van der Waals surface area contributed by atoms with Crippen LogP contribution in [-0.2, 0) is 65.4 Å². The van der Waals surface area contributed by atoms with Crippen LogP contribution in [0.25, 0.3) is 0 Å². The fraction of sp³-hybridized carbons (Fsp3) is 0.946. The van der Waals surface area contributed by atoms with Crippen molar-refractivity contribution in [3.8, 4) is 0 Å². The summed E-state index contributed by atoms with van der Waals surface area (Å²) < 4.78 is 68.4. The third-order valence-electron chi connectivity index (χ3n) is 17.4. The molecule has 0 rings (SSSR count). The molecule has 0 aliphatic carbocycles. The van der Waals surface area contributed by atoms with Crippen LogP contribution in [0.15, 0.2) is 0 Å². The molecule has 0 radical (unpaired) electrons. The van der Waals surface area contributed by atoms with Gasteiger partial charge in [-0.2, -0.15) is 0 Å².